The Bertz CT molecular complexity index is 1260. The number of rotatable bonds is 6. The van der Waals surface area contributed by atoms with E-state index in [2.05, 4.69) is 34.3 Å². The summed E-state index contributed by atoms with van der Waals surface area (Å²) < 4.78 is 14.4. The van der Waals surface area contributed by atoms with E-state index in [0.29, 0.717) is 5.25 Å². The Balaban J connectivity index is 1.23. The van der Waals surface area contributed by atoms with Gasteiger partial charge in [-0.1, -0.05) is 42.8 Å². The van der Waals surface area contributed by atoms with Gasteiger partial charge in [0.25, 0.3) is 0 Å². The molecule has 2 aliphatic rings. The minimum atomic E-state index is -0.914. The van der Waals surface area contributed by atoms with Crippen molar-refractivity contribution in [2.24, 2.45) is 0 Å². The molecule has 0 spiro atoms. The number of hydrogen-bond donors (Lipinski definition) is 0. The van der Waals surface area contributed by atoms with E-state index in [9.17, 15) is 4.55 Å². The molecule has 168 valence electrons. The van der Waals surface area contributed by atoms with E-state index in [0.717, 1.165) is 52.2 Å². The molecule has 2 aromatic carbocycles. The van der Waals surface area contributed by atoms with Gasteiger partial charge < -0.3 is 4.55 Å². The minimum absolute atomic E-state index is 0.330. The van der Waals surface area contributed by atoms with E-state index in [-0.39, 0.29) is 0 Å². The molecule has 0 N–H and O–H groups in total. The fourth-order valence-electron chi connectivity index (χ4n) is 4.67. The molecule has 1 atom stereocenters. The van der Waals surface area contributed by atoms with Crippen LogP contribution in [0.2, 0.25) is 0 Å². The summed E-state index contributed by atoms with van der Waals surface area (Å²) in [5, 5.41) is 4.90. The first kappa shape index (κ1) is 20.9. The normalized spacial score (nSPS) is 18.0. The molecular weight excluding hydrogens is 428 g/mol. The van der Waals surface area contributed by atoms with Gasteiger partial charge in [-0.3, -0.25) is 4.90 Å². The average molecular weight is 457 g/mol. The van der Waals surface area contributed by atoms with Crippen molar-refractivity contribution in [1.82, 2.24) is 19.5 Å². The Morgan fingerprint density at radius 1 is 0.909 bits per heavy atom. The fraction of sp³-hybridized carbons (Fsp3) is 0.333. The van der Waals surface area contributed by atoms with E-state index >= 15 is 0 Å². The first-order valence-electron chi connectivity index (χ1n) is 11.9. The number of likely N-dealkylation sites (tertiary alicyclic amines) is 1. The van der Waals surface area contributed by atoms with E-state index < -0.39 is 11.2 Å². The lowest BCUT2D eigenvalue weighted by molar-refractivity contribution is 0.221. The number of aromatic nitrogens is 3. The molecule has 3 heterocycles. The molecule has 1 unspecified atom stereocenters. The van der Waals surface area contributed by atoms with Crippen molar-refractivity contribution in [3.63, 3.8) is 0 Å². The average Bonchev–Trinajstić information content (AvgIpc) is 3.63. The van der Waals surface area contributed by atoms with Gasteiger partial charge in [-0.15, -0.1) is 0 Å². The first-order valence-corrected chi connectivity index (χ1v) is 13.1. The molecule has 1 saturated carbocycles. The molecule has 1 saturated heterocycles. The highest BCUT2D eigenvalue weighted by Crippen LogP contribution is 2.35. The van der Waals surface area contributed by atoms with Gasteiger partial charge in [-0.05, 0) is 59.9 Å². The van der Waals surface area contributed by atoms with Crippen molar-refractivity contribution < 1.29 is 4.55 Å². The topological polar surface area (TPSA) is 56.5 Å². The summed E-state index contributed by atoms with van der Waals surface area (Å²) in [6.45, 7) is 3.46. The molecule has 4 aromatic rings. The summed E-state index contributed by atoms with van der Waals surface area (Å²) in [5.74, 6) is 0. The van der Waals surface area contributed by atoms with Crippen molar-refractivity contribution in [2.45, 2.75) is 48.8 Å². The molecule has 1 aliphatic carbocycles. The molecule has 0 radical (unpaired) electrons. The zero-order valence-electron chi connectivity index (χ0n) is 18.7. The van der Waals surface area contributed by atoms with Gasteiger partial charge in [0.1, 0.15) is 5.25 Å². The van der Waals surface area contributed by atoms with Gasteiger partial charge in [-0.25, -0.2) is 9.50 Å². The van der Waals surface area contributed by atoms with Gasteiger partial charge >= 0.3 is 0 Å². The highest BCUT2D eigenvalue weighted by molar-refractivity contribution is 7.92. The monoisotopic (exact) mass is 456 g/mol. The molecule has 0 amide bonds. The predicted octanol–water partition coefficient (Wildman–Crippen LogP) is 5.32. The standard InChI is InChI=1S/C27H28N4OS/c32-33(24-11-12-24)25-6-4-5-22(15-25)26-17-29-31-19-23(16-28-27(26)31)21-9-7-20(8-10-21)18-30-13-2-1-3-14-30/h4-10,15-17,19,24H,1-3,11-14,18H2. The third-order valence-corrected chi connectivity index (χ3v) is 8.50. The van der Waals surface area contributed by atoms with E-state index in [4.69, 9.17) is 4.98 Å². The molecule has 2 aromatic heterocycles. The second kappa shape index (κ2) is 8.93. The molecule has 2 fully saturated rings. The zero-order chi connectivity index (χ0) is 22.2. The van der Waals surface area contributed by atoms with E-state index in [1.807, 2.05) is 47.4 Å². The van der Waals surface area contributed by atoms with Crippen LogP contribution in [0.3, 0.4) is 0 Å². The van der Waals surface area contributed by atoms with Crippen LogP contribution in [0.4, 0.5) is 0 Å². The second-order valence-corrected chi connectivity index (χ2v) is 11.0. The lowest BCUT2D eigenvalue weighted by Gasteiger charge is -2.26. The maximum absolute atomic E-state index is 12.6. The van der Waals surface area contributed by atoms with Gasteiger partial charge in [0, 0.05) is 49.0 Å². The summed E-state index contributed by atoms with van der Waals surface area (Å²) in [5.41, 5.74) is 6.34. The van der Waals surface area contributed by atoms with Crippen LogP contribution < -0.4 is 0 Å². The number of benzene rings is 2. The smallest absolute Gasteiger partial charge is 0.162 e. The van der Waals surface area contributed by atoms with E-state index in [1.54, 1.807) is 0 Å². The Kier molecular flexibility index (Phi) is 5.66. The van der Waals surface area contributed by atoms with Gasteiger partial charge in [0.15, 0.2) is 10.5 Å². The quantitative estimate of drug-likeness (QED) is 0.369. The Morgan fingerprint density at radius 3 is 2.52 bits per heavy atom. The minimum Gasteiger partial charge on any atom is -0.611 e. The lowest BCUT2D eigenvalue weighted by atomic mass is 10.1. The maximum Gasteiger partial charge on any atom is 0.162 e. The van der Waals surface area contributed by atoms with Crippen LogP contribution in [0.1, 0.15) is 37.7 Å². The summed E-state index contributed by atoms with van der Waals surface area (Å²) in [7, 11) is 0. The number of fused-ring (bicyclic) bond motifs is 1. The van der Waals surface area contributed by atoms with Crippen LogP contribution >= 0.6 is 0 Å². The number of hydrogen-bond acceptors (Lipinski definition) is 4. The highest BCUT2D eigenvalue weighted by Gasteiger charge is 2.35. The third-order valence-electron chi connectivity index (χ3n) is 6.70. The zero-order valence-corrected chi connectivity index (χ0v) is 19.5. The summed E-state index contributed by atoms with van der Waals surface area (Å²) in [4.78, 5) is 8.20. The van der Waals surface area contributed by atoms with Crippen molar-refractivity contribution >= 4 is 16.8 Å². The second-order valence-electron chi connectivity index (χ2n) is 9.23. The van der Waals surface area contributed by atoms with Crippen LogP contribution in [0.25, 0.3) is 27.9 Å². The number of piperidine rings is 1. The molecule has 1 aliphatic heterocycles. The molecule has 0 bridgehead atoms. The summed E-state index contributed by atoms with van der Waals surface area (Å²) in [6.07, 6.45) is 12.0. The van der Waals surface area contributed by atoms with Crippen molar-refractivity contribution in [3.8, 4) is 22.3 Å². The molecule has 33 heavy (non-hydrogen) atoms. The van der Waals surface area contributed by atoms with Crippen LogP contribution in [0.15, 0.2) is 72.0 Å². The molecular formula is C27H28N4OS. The summed E-state index contributed by atoms with van der Waals surface area (Å²) in [6, 6.07) is 16.8. The largest absolute Gasteiger partial charge is 0.611 e. The summed E-state index contributed by atoms with van der Waals surface area (Å²) >= 11 is -0.914. The van der Waals surface area contributed by atoms with Crippen LogP contribution in [-0.4, -0.2) is 42.4 Å². The van der Waals surface area contributed by atoms with Crippen molar-refractivity contribution in [1.29, 1.82) is 0 Å². The van der Waals surface area contributed by atoms with Crippen LogP contribution in [0, 0.1) is 0 Å². The third kappa shape index (κ3) is 4.43. The molecule has 6 rings (SSSR count). The first-order chi connectivity index (χ1) is 16.2. The maximum atomic E-state index is 12.6. The predicted molar refractivity (Wildman–Crippen MR) is 132 cm³/mol. The van der Waals surface area contributed by atoms with Gasteiger partial charge in [-0.2, -0.15) is 5.10 Å². The SMILES string of the molecule is [O-][S+](c1cccc(-c2cnn3cc(-c4ccc(CN5CCCCC5)cc4)cnc23)c1)C1CC1. The Hall–Kier alpha value is -2.67. The van der Waals surface area contributed by atoms with Crippen LogP contribution in [0.5, 0.6) is 0 Å². The Morgan fingerprint density at radius 2 is 1.73 bits per heavy atom. The van der Waals surface area contributed by atoms with Crippen molar-refractivity contribution in [2.75, 3.05) is 13.1 Å². The Labute approximate surface area is 197 Å². The highest BCUT2D eigenvalue weighted by atomic mass is 32.2. The lowest BCUT2D eigenvalue weighted by Crippen LogP contribution is -2.28. The molecule has 5 nitrogen and oxygen atoms in total. The van der Waals surface area contributed by atoms with Crippen LogP contribution in [-0.2, 0) is 17.7 Å². The van der Waals surface area contributed by atoms with Gasteiger partial charge in [0.2, 0.25) is 0 Å². The van der Waals surface area contributed by atoms with E-state index in [1.165, 1.54) is 37.9 Å². The van der Waals surface area contributed by atoms with Gasteiger partial charge in [0.05, 0.1) is 6.20 Å². The molecule has 6 heteroatoms. The van der Waals surface area contributed by atoms with Crippen molar-refractivity contribution in [3.05, 3.63) is 72.7 Å². The number of nitrogens with zero attached hydrogens (tertiary/aromatic N) is 4. The fourth-order valence-corrected chi connectivity index (χ4v) is 6.07.